The summed E-state index contributed by atoms with van der Waals surface area (Å²) in [5.41, 5.74) is 3.18. The fraction of sp³-hybridized carbons (Fsp3) is 0.118. The van der Waals surface area contributed by atoms with Gasteiger partial charge in [0.2, 0.25) is 0 Å². The molecular weight excluding hydrogens is 278 g/mol. The first-order chi connectivity index (χ1) is 10.6. The Hall–Kier alpha value is -2.95. The number of hydrogen-bond acceptors (Lipinski definition) is 4. The lowest BCUT2D eigenvalue weighted by atomic mass is 10.1. The van der Waals surface area contributed by atoms with E-state index in [0.717, 1.165) is 11.1 Å². The Morgan fingerprint density at radius 1 is 1.09 bits per heavy atom. The molecule has 0 fully saturated rings. The van der Waals surface area contributed by atoms with E-state index < -0.39 is 0 Å². The van der Waals surface area contributed by atoms with Crippen LogP contribution in [0.25, 0.3) is 11.5 Å². The highest BCUT2D eigenvalue weighted by molar-refractivity contribution is 6.04. The van der Waals surface area contributed by atoms with Gasteiger partial charge in [0.1, 0.15) is 0 Å². The van der Waals surface area contributed by atoms with Gasteiger partial charge in [-0.1, -0.05) is 28.9 Å². The van der Waals surface area contributed by atoms with Crippen LogP contribution in [-0.2, 0) is 0 Å². The maximum Gasteiger partial charge on any atom is 0.257 e. The molecule has 3 aromatic rings. The average molecular weight is 293 g/mol. The van der Waals surface area contributed by atoms with Crippen LogP contribution in [-0.4, -0.2) is 16.0 Å². The Kier molecular flexibility index (Phi) is 3.70. The zero-order valence-electron chi connectivity index (χ0n) is 12.3. The van der Waals surface area contributed by atoms with Gasteiger partial charge in [0.25, 0.3) is 11.8 Å². The average Bonchev–Trinajstić information content (AvgIpc) is 2.95. The Bertz CT molecular complexity index is 807. The van der Waals surface area contributed by atoms with E-state index in [0.29, 0.717) is 23.0 Å². The molecule has 1 amide bonds. The van der Waals surface area contributed by atoms with Crippen LogP contribution in [0.3, 0.4) is 0 Å². The van der Waals surface area contributed by atoms with Gasteiger partial charge in [0.05, 0.1) is 0 Å². The third-order valence-corrected chi connectivity index (χ3v) is 3.21. The molecule has 1 heterocycles. The third kappa shape index (κ3) is 3.03. The molecule has 0 atom stereocenters. The van der Waals surface area contributed by atoms with Crippen molar-refractivity contribution in [3.63, 3.8) is 0 Å². The number of carbonyl (C=O) groups excluding carboxylic acids is 1. The Balaban J connectivity index is 1.81. The summed E-state index contributed by atoms with van der Waals surface area (Å²) >= 11 is 0. The van der Waals surface area contributed by atoms with Crippen molar-refractivity contribution < 1.29 is 9.32 Å². The van der Waals surface area contributed by atoms with Gasteiger partial charge in [-0.2, -0.15) is 4.98 Å². The van der Waals surface area contributed by atoms with Crippen molar-refractivity contribution in [1.29, 1.82) is 0 Å². The van der Waals surface area contributed by atoms with Gasteiger partial charge in [0.15, 0.2) is 5.82 Å². The van der Waals surface area contributed by atoms with Crippen molar-refractivity contribution in [2.75, 3.05) is 5.32 Å². The Morgan fingerprint density at radius 3 is 2.55 bits per heavy atom. The molecule has 0 unspecified atom stereocenters. The van der Waals surface area contributed by atoms with Crippen LogP contribution in [0.5, 0.6) is 0 Å². The smallest absolute Gasteiger partial charge is 0.257 e. The van der Waals surface area contributed by atoms with Gasteiger partial charge in [0, 0.05) is 16.8 Å². The van der Waals surface area contributed by atoms with Gasteiger partial charge in [-0.25, -0.2) is 0 Å². The summed E-state index contributed by atoms with van der Waals surface area (Å²) in [7, 11) is 0. The molecule has 0 aliphatic rings. The third-order valence-electron chi connectivity index (χ3n) is 3.21. The quantitative estimate of drug-likeness (QED) is 0.801. The van der Waals surface area contributed by atoms with E-state index in [1.54, 1.807) is 25.1 Å². The number of nitrogens with zero attached hydrogens (tertiary/aromatic N) is 2. The Morgan fingerprint density at radius 2 is 1.86 bits per heavy atom. The Labute approximate surface area is 128 Å². The van der Waals surface area contributed by atoms with Crippen molar-refractivity contribution in [3.8, 4) is 11.5 Å². The summed E-state index contributed by atoms with van der Waals surface area (Å²) in [5, 5.41) is 6.63. The molecule has 0 aliphatic carbocycles. The first-order valence-corrected chi connectivity index (χ1v) is 6.90. The SMILES string of the molecule is Cc1ccc(C(=O)Nc2cccc(-c3nc(C)no3)c2)cc1. The number of benzene rings is 2. The van der Waals surface area contributed by atoms with Crippen LogP contribution in [0.4, 0.5) is 5.69 Å². The van der Waals surface area contributed by atoms with E-state index in [1.807, 2.05) is 37.3 Å². The number of aromatic nitrogens is 2. The lowest BCUT2D eigenvalue weighted by molar-refractivity contribution is 0.102. The van der Waals surface area contributed by atoms with Crippen LogP contribution in [0.1, 0.15) is 21.7 Å². The topological polar surface area (TPSA) is 68.0 Å². The zero-order chi connectivity index (χ0) is 15.5. The number of anilines is 1. The molecule has 2 aromatic carbocycles. The first-order valence-electron chi connectivity index (χ1n) is 6.90. The summed E-state index contributed by atoms with van der Waals surface area (Å²) in [6.07, 6.45) is 0. The van der Waals surface area contributed by atoms with E-state index >= 15 is 0 Å². The second-order valence-electron chi connectivity index (χ2n) is 5.05. The normalized spacial score (nSPS) is 10.5. The van der Waals surface area contributed by atoms with Gasteiger partial charge in [-0.05, 0) is 44.2 Å². The maximum atomic E-state index is 12.2. The summed E-state index contributed by atoms with van der Waals surface area (Å²) in [5.74, 6) is 0.854. The molecule has 0 radical (unpaired) electrons. The van der Waals surface area contributed by atoms with Gasteiger partial charge in [-0.15, -0.1) is 0 Å². The predicted molar refractivity (Wildman–Crippen MR) is 83.6 cm³/mol. The summed E-state index contributed by atoms with van der Waals surface area (Å²) in [6, 6.07) is 14.7. The lowest BCUT2D eigenvalue weighted by Gasteiger charge is -2.06. The van der Waals surface area contributed by atoms with Crippen molar-refractivity contribution in [2.45, 2.75) is 13.8 Å². The molecule has 1 aromatic heterocycles. The van der Waals surface area contributed by atoms with Crippen molar-refractivity contribution in [3.05, 3.63) is 65.5 Å². The highest BCUT2D eigenvalue weighted by atomic mass is 16.5. The van der Waals surface area contributed by atoms with Crippen LogP contribution in [0.2, 0.25) is 0 Å². The van der Waals surface area contributed by atoms with Crippen molar-refractivity contribution in [1.82, 2.24) is 10.1 Å². The molecule has 0 saturated carbocycles. The fourth-order valence-electron chi connectivity index (χ4n) is 2.05. The maximum absolute atomic E-state index is 12.2. The highest BCUT2D eigenvalue weighted by Gasteiger charge is 2.09. The molecule has 0 aliphatic heterocycles. The second kappa shape index (κ2) is 5.81. The van der Waals surface area contributed by atoms with E-state index in [2.05, 4.69) is 15.5 Å². The minimum Gasteiger partial charge on any atom is -0.334 e. The molecule has 22 heavy (non-hydrogen) atoms. The van der Waals surface area contributed by atoms with Crippen molar-refractivity contribution >= 4 is 11.6 Å². The standard InChI is InChI=1S/C17H15N3O2/c1-11-6-8-13(9-7-11)16(21)19-15-5-3-4-14(10-15)17-18-12(2)20-22-17/h3-10H,1-2H3,(H,19,21). The number of rotatable bonds is 3. The molecule has 0 bridgehead atoms. The van der Waals surface area contributed by atoms with Crippen molar-refractivity contribution in [2.24, 2.45) is 0 Å². The largest absolute Gasteiger partial charge is 0.334 e. The molecule has 0 saturated heterocycles. The minimum absolute atomic E-state index is 0.154. The zero-order valence-corrected chi connectivity index (χ0v) is 12.3. The van der Waals surface area contributed by atoms with E-state index in [-0.39, 0.29) is 5.91 Å². The molecule has 0 spiro atoms. The van der Waals surface area contributed by atoms with Crippen LogP contribution < -0.4 is 5.32 Å². The van der Waals surface area contributed by atoms with Crippen LogP contribution in [0, 0.1) is 13.8 Å². The van der Waals surface area contributed by atoms with Gasteiger partial charge in [-0.3, -0.25) is 4.79 Å². The van der Waals surface area contributed by atoms with E-state index in [1.165, 1.54) is 0 Å². The molecule has 110 valence electrons. The molecule has 5 nitrogen and oxygen atoms in total. The molecule has 1 N–H and O–H groups in total. The number of amides is 1. The van der Waals surface area contributed by atoms with Crippen LogP contribution in [0.15, 0.2) is 53.1 Å². The number of aryl methyl sites for hydroxylation is 2. The number of hydrogen-bond donors (Lipinski definition) is 1. The summed E-state index contributed by atoms with van der Waals surface area (Å²) < 4.78 is 5.13. The fourth-order valence-corrected chi connectivity index (χ4v) is 2.05. The van der Waals surface area contributed by atoms with E-state index in [9.17, 15) is 4.79 Å². The van der Waals surface area contributed by atoms with Crippen LogP contribution >= 0.6 is 0 Å². The lowest BCUT2D eigenvalue weighted by Crippen LogP contribution is -2.11. The molecule has 3 rings (SSSR count). The van der Waals surface area contributed by atoms with Gasteiger partial charge >= 0.3 is 0 Å². The van der Waals surface area contributed by atoms with Gasteiger partial charge < -0.3 is 9.84 Å². The molecular formula is C17H15N3O2. The minimum atomic E-state index is -0.154. The number of nitrogens with one attached hydrogen (secondary N) is 1. The summed E-state index contributed by atoms with van der Waals surface area (Å²) in [6.45, 7) is 3.74. The van der Waals surface area contributed by atoms with E-state index in [4.69, 9.17) is 4.52 Å². The number of carbonyl (C=O) groups is 1. The second-order valence-corrected chi connectivity index (χ2v) is 5.05. The summed E-state index contributed by atoms with van der Waals surface area (Å²) in [4.78, 5) is 16.4. The predicted octanol–water partition coefficient (Wildman–Crippen LogP) is 3.61. The monoisotopic (exact) mass is 293 g/mol. The molecule has 5 heteroatoms. The highest BCUT2D eigenvalue weighted by Crippen LogP contribution is 2.21. The first kappa shape index (κ1) is 14.0.